The van der Waals surface area contributed by atoms with Gasteiger partial charge in [-0.3, -0.25) is 4.68 Å². The van der Waals surface area contributed by atoms with Crippen molar-refractivity contribution in [2.24, 2.45) is 0 Å². The van der Waals surface area contributed by atoms with Crippen molar-refractivity contribution in [3.63, 3.8) is 0 Å². The third-order valence-corrected chi connectivity index (χ3v) is 9.37. The lowest BCUT2D eigenvalue weighted by Gasteiger charge is -2.23. The molecule has 1 aliphatic carbocycles. The number of thiophene rings is 1. The van der Waals surface area contributed by atoms with Crippen molar-refractivity contribution >= 4 is 59.8 Å². The van der Waals surface area contributed by atoms with E-state index in [2.05, 4.69) is 75.3 Å². The van der Waals surface area contributed by atoms with Gasteiger partial charge in [0.25, 0.3) is 0 Å². The zero-order valence-corrected chi connectivity index (χ0v) is 21.1. The molecule has 1 fully saturated rings. The highest BCUT2D eigenvalue weighted by atomic mass is 32.1. The second-order valence-corrected chi connectivity index (χ2v) is 11.1. The summed E-state index contributed by atoms with van der Waals surface area (Å²) in [5.41, 5.74) is 7.40. The Kier molecular flexibility index (Phi) is 4.38. The van der Waals surface area contributed by atoms with Crippen LogP contribution in [0.2, 0.25) is 0 Å². The summed E-state index contributed by atoms with van der Waals surface area (Å²) in [5, 5.41) is 13.6. The van der Waals surface area contributed by atoms with Crippen molar-refractivity contribution in [2.45, 2.75) is 51.6 Å². The molecule has 0 aliphatic heterocycles. The van der Waals surface area contributed by atoms with E-state index < -0.39 is 0 Å². The molecule has 6 heteroatoms. The summed E-state index contributed by atoms with van der Waals surface area (Å²) in [7, 11) is 0. The smallest absolute Gasteiger partial charge is 0.111 e. The van der Waals surface area contributed by atoms with Crippen LogP contribution in [0.4, 0.5) is 0 Å². The number of hydrogen-bond acceptors (Lipinski definition) is 3. The molecule has 2 aromatic carbocycles. The van der Waals surface area contributed by atoms with Crippen LogP contribution < -0.4 is 0 Å². The van der Waals surface area contributed by atoms with Crippen LogP contribution in [0.15, 0.2) is 67.0 Å². The Labute approximate surface area is 212 Å². The quantitative estimate of drug-likeness (QED) is 0.251. The van der Waals surface area contributed by atoms with E-state index in [4.69, 9.17) is 10.2 Å². The number of hydrogen-bond donors (Lipinski definition) is 0. The molecule has 0 saturated heterocycles. The van der Waals surface area contributed by atoms with Gasteiger partial charge >= 0.3 is 0 Å². The average molecular weight is 490 g/mol. The summed E-state index contributed by atoms with van der Waals surface area (Å²) in [6.45, 7) is 3.19. The minimum absolute atomic E-state index is 0.479. The van der Waals surface area contributed by atoms with Crippen molar-refractivity contribution < 1.29 is 0 Å². The lowest BCUT2D eigenvalue weighted by Crippen LogP contribution is -2.14. The number of para-hydroxylation sites is 1. The maximum absolute atomic E-state index is 4.93. The van der Waals surface area contributed by atoms with Crippen LogP contribution in [0.3, 0.4) is 0 Å². The second-order valence-electron chi connectivity index (χ2n) is 10.1. The van der Waals surface area contributed by atoms with Crippen molar-refractivity contribution in [3.8, 4) is 10.4 Å². The molecule has 5 aromatic heterocycles. The molecule has 36 heavy (non-hydrogen) atoms. The fourth-order valence-corrected chi connectivity index (χ4v) is 7.65. The van der Waals surface area contributed by atoms with Gasteiger partial charge < -0.3 is 4.57 Å². The zero-order chi connectivity index (χ0) is 23.8. The van der Waals surface area contributed by atoms with Gasteiger partial charge in [-0.15, -0.1) is 11.3 Å². The Bertz CT molecular complexity index is 1930. The molecular weight excluding hydrogens is 462 g/mol. The molecule has 5 nitrogen and oxygen atoms in total. The molecule has 8 rings (SSSR count). The number of nitrogens with zero attached hydrogens (tertiary/aromatic N) is 5. The van der Waals surface area contributed by atoms with Gasteiger partial charge in [0.2, 0.25) is 0 Å². The van der Waals surface area contributed by atoms with E-state index in [1.54, 1.807) is 0 Å². The van der Waals surface area contributed by atoms with Crippen molar-refractivity contribution in [1.82, 2.24) is 24.0 Å². The van der Waals surface area contributed by atoms with E-state index in [0.717, 1.165) is 12.1 Å². The molecule has 1 aliphatic rings. The normalized spacial score (nSPS) is 15.4. The summed E-state index contributed by atoms with van der Waals surface area (Å²) in [5.74, 6) is 0. The van der Waals surface area contributed by atoms with Crippen LogP contribution in [0.5, 0.6) is 0 Å². The number of pyridine rings is 1. The van der Waals surface area contributed by atoms with Crippen molar-refractivity contribution in [1.29, 1.82) is 0 Å². The SMILES string of the molecule is CCn1c2ccccc2c2cc(-c3cc4c(s3)c3ccnn3c3cnn(C5CCCCC5)c43)ccc21. The molecule has 0 atom stereocenters. The summed E-state index contributed by atoms with van der Waals surface area (Å²) in [6, 6.07) is 20.8. The van der Waals surface area contributed by atoms with Crippen LogP contribution >= 0.6 is 11.3 Å². The first kappa shape index (κ1) is 20.5. The highest BCUT2D eigenvalue weighted by Crippen LogP contribution is 2.42. The largest absolute Gasteiger partial charge is 0.341 e. The first-order valence-corrected chi connectivity index (χ1v) is 13.9. The van der Waals surface area contributed by atoms with Gasteiger partial charge in [0.05, 0.1) is 34.2 Å². The zero-order valence-electron chi connectivity index (χ0n) is 20.3. The van der Waals surface area contributed by atoms with Gasteiger partial charge in [-0.05, 0) is 55.7 Å². The lowest BCUT2D eigenvalue weighted by atomic mass is 9.95. The second kappa shape index (κ2) is 7.68. The predicted molar refractivity (Wildman–Crippen MR) is 150 cm³/mol. The topological polar surface area (TPSA) is 40.1 Å². The van der Waals surface area contributed by atoms with Gasteiger partial charge in [-0.2, -0.15) is 10.2 Å². The highest BCUT2D eigenvalue weighted by molar-refractivity contribution is 7.23. The van der Waals surface area contributed by atoms with Gasteiger partial charge in [-0.1, -0.05) is 43.5 Å². The van der Waals surface area contributed by atoms with Crippen LogP contribution in [0.1, 0.15) is 45.1 Å². The average Bonchev–Trinajstić information content (AvgIpc) is 3.71. The third kappa shape index (κ3) is 2.76. The van der Waals surface area contributed by atoms with Crippen LogP contribution in [0, 0.1) is 0 Å². The molecule has 0 radical (unpaired) electrons. The van der Waals surface area contributed by atoms with Gasteiger partial charge in [0.1, 0.15) is 5.52 Å². The molecule has 5 heterocycles. The van der Waals surface area contributed by atoms with Gasteiger partial charge in [-0.25, -0.2) is 4.52 Å². The first-order chi connectivity index (χ1) is 17.8. The number of benzene rings is 2. The highest BCUT2D eigenvalue weighted by Gasteiger charge is 2.23. The lowest BCUT2D eigenvalue weighted by molar-refractivity contribution is 0.337. The molecule has 0 amide bonds. The Morgan fingerprint density at radius 1 is 0.833 bits per heavy atom. The van der Waals surface area contributed by atoms with E-state index in [-0.39, 0.29) is 0 Å². The minimum Gasteiger partial charge on any atom is -0.341 e. The van der Waals surface area contributed by atoms with E-state index in [0.29, 0.717) is 6.04 Å². The Balaban J connectivity index is 1.39. The molecule has 178 valence electrons. The fraction of sp³-hybridized carbons (Fsp3) is 0.267. The summed E-state index contributed by atoms with van der Waals surface area (Å²) >= 11 is 1.88. The third-order valence-electron chi connectivity index (χ3n) is 8.16. The molecular formula is C30H27N5S. The molecule has 0 N–H and O–H groups in total. The molecule has 0 spiro atoms. The number of aryl methyl sites for hydroxylation is 1. The maximum Gasteiger partial charge on any atom is 0.111 e. The fourth-order valence-electron chi connectivity index (χ4n) is 6.49. The van der Waals surface area contributed by atoms with Gasteiger partial charge in [0, 0.05) is 38.6 Å². The predicted octanol–water partition coefficient (Wildman–Crippen LogP) is 8.20. The van der Waals surface area contributed by atoms with E-state index in [1.807, 2.05) is 23.7 Å². The van der Waals surface area contributed by atoms with Crippen LogP contribution in [-0.2, 0) is 6.54 Å². The number of aromatic nitrogens is 5. The number of fused-ring (bicyclic) bond motifs is 9. The van der Waals surface area contributed by atoms with Crippen molar-refractivity contribution in [3.05, 3.63) is 67.0 Å². The Morgan fingerprint density at radius 3 is 2.58 bits per heavy atom. The Hall–Kier alpha value is -3.64. The standard InChI is InChI=1S/C30H27N5S/c1-2-33-24-11-7-6-10-21(24)22-16-19(12-13-25(22)33)28-17-23-29-27(35-26(14-15-31-35)30(23)36-28)18-32-34(29)20-8-4-3-5-9-20/h6-7,10-18,20H,2-5,8-9H2,1H3. The van der Waals surface area contributed by atoms with E-state index in [1.165, 1.54) is 85.5 Å². The monoisotopic (exact) mass is 489 g/mol. The van der Waals surface area contributed by atoms with Crippen LogP contribution in [-0.4, -0.2) is 24.0 Å². The Morgan fingerprint density at radius 2 is 1.69 bits per heavy atom. The van der Waals surface area contributed by atoms with Gasteiger partial charge in [0.15, 0.2) is 0 Å². The molecule has 0 unspecified atom stereocenters. The molecule has 7 aromatic rings. The van der Waals surface area contributed by atoms with Crippen LogP contribution in [0.25, 0.3) is 58.9 Å². The minimum atomic E-state index is 0.479. The summed E-state index contributed by atoms with van der Waals surface area (Å²) < 4.78 is 8.11. The number of rotatable bonds is 3. The first-order valence-electron chi connectivity index (χ1n) is 13.1. The molecule has 0 bridgehead atoms. The maximum atomic E-state index is 4.93. The summed E-state index contributed by atoms with van der Waals surface area (Å²) in [6.07, 6.45) is 10.3. The van der Waals surface area contributed by atoms with Crippen molar-refractivity contribution in [2.75, 3.05) is 0 Å². The molecule has 1 saturated carbocycles. The summed E-state index contributed by atoms with van der Waals surface area (Å²) in [4.78, 5) is 1.30. The van der Waals surface area contributed by atoms with E-state index >= 15 is 0 Å². The van der Waals surface area contributed by atoms with E-state index in [9.17, 15) is 0 Å².